The third-order valence-electron chi connectivity index (χ3n) is 2.65. The molecule has 0 radical (unpaired) electrons. The van der Waals surface area contributed by atoms with E-state index in [0.717, 1.165) is 5.56 Å². The summed E-state index contributed by atoms with van der Waals surface area (Å²) in [6.45, 7) is 0.0256. The predicted molar refractivity (Wildman–Crippen MR) is 69.8 cm³/mol. The number of nitrogens with two attached hydrogens (primary N) is 1. The zero-order valence-corrected chi connectivity index (χ0v) is 10.7. The van der Waals surface area contributed by atoms with Gasteiger partial charge in [0.05, 0.1) is 12.6 Å². The van der Waals surface area contributed by atoms with E-state index in [9.17, 15) is 9.59 Å². The van der Waals surface area contributed by atoms with Crippen LogP contribution in [-0.2, 0) is 16.0 Å². The molecule has 1 aromatic rings. The van der Waals surface area contributed by atoms with E-state index in [-0.39, 0.29) is 18.4 Å². The Kier molecular flexibility index (Phi) is 5.32. The molecule has 1 aromatic carbocycles. The van der Waals surface area contributed by atoms with Gasteiger partial charge in [-0.15, -0.1) is 0 Å². The quantitative estimate of drug-likeness (QED) is 0.756. The van der Waals surface area contributed by atoms with Crippen LogP contribution in [0.15, 0.2) is 30.3 Å². The molecule has 5 heteroatoms. The fourth-order valence-electron chi connectivity index (χ4n) is 1.61. The number of carbonyl (C=O) groups is 2. The molecule has 1 atom stereocenters. The number of likely N-dealkylation sites (N-methyl/N-ethyl adjacent to an activating group) is 2. The van der Waals surface area contributed by atoms with Crippen molar-refractivity contribution in [3.05, 3.63) is 35.9 Å². The number of carbonyl (C=O) groups excluding carboxylic acids is 2. The Morgan fingerprint density at radius 3 is 2.50 bits per heavy atom. The maximum atomic E-state index is 11.9. The van der Waals surface area contributed by atoms with Crippen molar-refractivity contribution in [1.82, 2.24) is 10.2 Å². The highest BCUT2D eigenvalue weighted by Gasteiger charge is 2.19. The van der Waals surface area contributed by atoms with E-state index in [1.807, 2.05) is 30.3 Å². The molecule has 0 unspecified atom stereocenters. The summed E-state index contributed by atoms with van der Waals surface area (Å²) in [4.78, 5) is 24.4. The Hall–Kier alpha value is -1.88. The van der Waals surface area contributed by atoms with Gasteiger partial charge in [0.2, 0.25) is 11.8 Å². The highest BCUT2D eigenvalue weighted by molar-refractivity contribution is 5.87. The lowest BCUT2D eigenvalue weighted by Gasteiger charge is -2.20. The standard InChI is InChI=1S/C13H19N3O2/c1-15-12(17)9-16(2)13(18)11(14)8-10-6-4-3-5-7-10/h3-7,11H,8-9,14H2,1-2H3,(H,15,17)/t11-/m0/s1. The van der Waals surface area contributed by atoms with Crippen LogP contribution in [-0.4, -0.2) is 43.4 Å². The summed E-state index contributed by atoms with van der Waals surface area (Å²) in [6.07, 6.45) is 0.470. The van der Waals surface area contributed by atoms with Gasteiger partial charge in [-0.3, -0.25) is 9.59 Å². The lowest BCUT2D eigenvalue weighted by Crippen LogP contribution is -2.46. The molecule has 0 aliphatic rings. The molecular formula is C13H19N3O2. The van der Waals surface area contributed by atoms with Crippen LogP contribution in [0.4, 0.5) is 0 Å². The minimum absolute atomic E-state index is 0.0256. The molecule has 0 bridgehead atoms. The largest absolute Gasteiger partial charge is 0.358 e. The SMILES string of the molecule is CNC(=O)CN(C)C(=O)[C@@H](N)Cc1ccccc1. The van der Waals surface area contributed by atoms with Gasteiger partial charge in [0.1, 0.15) is 0 Å². The van der Waals surface area contributed by atoms with Crippen LogP contribution < -0.4 is 11.1 Å². The summed E-state index contributed by atoms with van der Waals surface area (Å²) in [5, 5.41) is 2.47. The molecule has 5 nitrogen and oxygen atoms in total. The number of benzene rings is 1. The molecule has 98 valence electrons. The van der Waals surface area contributed by atoms with Crippen LogP contribution in [0.2, 0.25) is 0 Å². The van der Waals surface area contributed by atoms with E-state index >= 15 is 0 Å². The minimum atomic E-state index is -0.623. The summed E-state index contributed by atoms with van der Waals surface area (Å²) in [5.41, 5.74) is 6.85. The first-order valence-electron chi connectivity index (χ1n) is 5.79. The van der Waals surface area contributed by atoms with E-state index in [2.05, 4.69) is 5.32 Å². The van der Waals surface area contributed by atoms with Gasteiger partial charge in [-0.1, -0.05) is 30.3 Å². The molecule has 0 aliphatic carbocycles. The first-order valence-corrected chi connectivity index (χ1v) is 5.79. The lowest BCUT2D eigenvalue weighted by atomic mass is 10.1. The first kappa shape index (κ1) is 14.2. The maximum Gasteiger partial charge on any atom is 0.240 e. The number of hydrogen-bond donors (Lipinski definition) is 2. The van der Waals surface area contributed by atoms with Crippen LogP contribution in [0.5, 0.6) is 0 Å². The van der Waals surface area contributed by atoms with Gasteiger partial charge >= 0.3 is 0 Å². The van der Waals surface area contributed by atoms with E-state index in [0.29, 0.717) is 6.42 Å². The maximum absolute atomic E-state index is 11.9. The second kappa shape index (κ2) is 6.76. The van der Waals surface area contributed by atoms with Crippen molar-refractivity contribution in [1.29, 1.82) is 0 Å². The van der Waals surface area contributed by atoms with E-state index < -0.39 is 6.04 Å². The van der Waals surface area contributed by atoms with E-state index in [1.54, 1.807) is 7.05 Å². The molecule has 1 rings (SSSR count). The van der Waals surface area contributed by atoms with Crippen LogP contribution in [0.3, 0.4) is 0 Å². The average molecular weight is 249 g/mol. The monoisotopic (exact) mass is 249 g/mol. The van der Waals surface area contributed by atoms with Gasteiger partial charge in [-0.05, 0) is 12.0 Å². The molecule has 0 saturated carbocycles. The smallest absolute Gasteiger partial charge is 0.240 e. The van der Waals surface area contributed by atoms with Crippen LogP contribution >= 0.6 is 0 Å². The zero-order chi connectivity index (χ0) is 13.5. The highest BCUT2D eigenvalue weighted by atomic mass is 16.2. The first-order chi connectivity index (χ1) is 8.54. The molecule has 3 N–H and O–H groups in total. The molecular weight excluding hydrogens is 230 g/mol. The van der Waals surface area contributed by atoms with Crippen LogP contribution in [0.25, 0.3) is 0 Å². The lowest BCUT2D eigenvalue weighted by molar-refractivity contribution is -0.135. The van der Waals surface area contributed by atoms with Crippen molar-refractivity contribution in [2.45, 2.75) is 12.5 Å². The fourth-order valence-corrected chi connectivity index (χ4v) is 1.61. The molecule has 2 amide bonds. The third-order valence-corrected chi connectivity index (χ3v) is 2.65. The van der Waals surface area contributed by atoms with Crippen molar-refractivity contribution < 1.29 is 9.59 Å². The second-order valence-corrected chi connectivity index (χ2v) is 4.16. The van der Waals surface area contributed by atoms with Crippen LogP contribution in [0, 0.1) is 0 Å². The normalized spacial score (nSPS) is 11.7. The Balaban J connectivity index is 2.53. The number of nitrogens with one attached hydrogen (secondary N) is 1. The molecule has 0 fully saturated rings. The van der Waals surface area contributed by atoms with E-state index in [4.69, 9.17) is 5.73 Å². The highest BCUT2D eigenvalue weighted by Crippen LogP contribution is 2.03. The van der Waals surface area contributed by atoms with Crippen molar-refractivity contribution in [2.24, 2.45) is 5.73 Å². The van der Waals surface area contributed by atoms with Crippen molar-refractivity contribution in [2.75, 3.05) is 20.6 Å². The Bertz CT molecular complexity index is 406. The Morgan fingerprint density at radius 1 is 1.33 bits per heavy atom. The van der Waals surface area contributed by atoms with Gasteiger partial charge in [-0.2, -0.15) is 0 Å². The van der Waals surface area contributed by atoms with Crippen LogP contribution in [0.1, 0.15) is 5.56 Å². The van der Waals surface area contributed by atoms with Gasteiger partial charge < -0.3 is 16.0 Å². The zero-order valence-electron chi connectivity index (χ0n) is 10.7. The van der Waals surface area contributed by atoms with Crippen molar-refractivity contribution >= 4 is 11.8 Å². The molecule has 0 saturated heterocycles. The molecule has 0 heterocycles. The average Bonchev–Trinajstić information content (AvgIpc) is 2.38. The minimum Gasteiger partial charge on any atom is -0.358 e. The molecule has 0 aromatic heterocycles. The Morgan fingerprint density at radius 2 is 1.94 bits per heavy atom. The van der Waals surface area contributed by atoms with Gasteiger partial charge in [0.15, 0.2) is 0 Å². The molecule has 18 heavy (non-hydrogen) atoms. The second-order valence-electron chi connectivity index (χ2n) is 4.16. The number of rotatable bonds is 5. The summed E-state index contributed by atoms with van der Waals surface area (Å²) in [6, 6.07) is 8.94. The van der Waals surface area contributed by atoms with E-state index in [1.165, 1.54) is 11.9 Å². The van der Waals surface area contributed by atoms with Crippen molar-refractivity contribution in [3.63, 3.8) is 0 Å². The van der Waals surface area contributed by atoms with Gasteiger partial charge in [0.25, 0.3) is 0 Å². The predicted octanol–water partition coefficient (Wildman–Crippen LogP) is -0.239. The molecule has 0 aliphatic heterocycles. The Labute approximate surface area is 107 Å². The summed E-state index contributed by atoms with van der Waals surface area (Å²) < 4.78 is 0. The van der Waals surface area contributed by atoms with Gasteiger partial charge in [-0.25, -0.2) is 0 Å². The summed E-state index contributed by atoms with van der Waals surface area (Å²) >= 11 is 0. The number of nitrogens with zero attached hydrogens (tertiary/aromatic N) is 1. The molecule has 0 spiro atoms. The number of amides is 2. The third kappa shape index (κ3) is 4.18. The fraction of sp³-hybridized carbons (Fsp3) is 0.385. The van der Waals surface area contributed by atoms with Gasteiger partial charge in [0, 0.05) is 14.1 Å². The summed E-state index contributed by atoms with van der Waals surface area (Å²) in [5.74, 6) is -0.444. The number of hydrogen-bond acceptors (Lipinski definition) is 3. The summed E-state index contributed by atoms with van der Waals surface area (Å²) in [7, 11) is 3.10. The van der Waals surface area contributed by atoms with Crippen molar-refractivity contribution in [3.8, 4) is 0 Å². The topological polar surface area (TPSA) is 75.4 Å².